The van der Waals surface area contributed by atoms with Crippen molar-refractivity contribution in [1.29, 1.82) is 0 Å². The van der Waals surface area contributed by atoms with Crippen molar-refractivity contribution in [1.82, 2.24) is 5.32 Å². The number of amides is 1. The van der Waals surface area contributed by atoms with E-state index in [0.29, 0.717) is 33.2 Å². The molecule has 0 aliphatic carbocycles. The summed E-state index contributed by atoms with van der Waals surface area (Å²) in [4.78, 5) is 11.6. The smallest absolute Gasteiger partial charge is 0.246 e. The van der Waals surface area contributed by atoms with Gasteiger partial charge in [0.25, 0.3) is 0 Å². The van der Waals surface area contributed by atoms with Gasteiger partial charge in [-0.3, -0.25) is 4.79 Å². The van der Waals surface area contributed by atoms with Gasteiger partial charge in [-0.2, -0.15) is 0 Å². The Hall–Kier alpha value is -2.04. The minimum absolute atomic E-state index is 0.0634. The van der Waals surface area contributed by atoms with Crippen LogP contribution in [0.1, 0.15) is 42.0 Å². The average molecular weight is 410 g/mol. The Morgan fingerprint density at radius 2 is 1.85 bits per heavy atom. The fourth-order valence-electron chi connectivity index (χ4n) is 2.93. The summed E-state index contributed by atoms with van der Waals surface area (Å²) in [6.07, 6.45) is 0.505. The number of benzene rings is 2. The topological polar surface area (TPSA) is 49.3 Å². The van der Waals surface area contributed by atoms with Crippen molar-refractivity contribution in [3.05, 3.63) is 74.5 Å². The molecule has 0 unspecified atom stereocenters. The van der Waals surface area contributed by atoms with Gasteiger partial charge in [-0.15, -0.1) is 0 Å². The van der Waals surface area contributed by atoms with Gasteiger partial charge in [-0.05, 0) is 40.8 Å². The van der Waals surface area contributed by atoms with E-state index in [2.05, 4.69) is 11.9 Å². The SMILES string of the molecule is C=C(Cc1cc(Cl)c(Cc2ccc(O)c(C(C)C)c2F)c(Cl)c1)C(=O)NC. The van der Waals surface area contributed by atoms with Crippen LogP contribution in [0.2, 0.25) is 10.0 Å². The van der Waals surface area contributed by atoms with Gasteiger partial charge in [-0.25, -0.2) is 4.39 Å². The molecule has 144 valence electrons. The zero-order chi connectivity index (χ0) is 20.3. The number of rotatable bonds is 6. The molecule has 0 saturated heterocycles. The lowest BCUT2D eigenvalue weighted by Gasteiger charge is -2.15. The molecule has 0 aromatic heterocycles. The highest BCUT2D eigenvalue weighted by atomic mass is 35.5. The summed E-state index contributed by atoms with van der Waals surface area (Å²) in [5, 5.41) is 13.2. The van der Waals surface area contributed by atoms with Crippen molar-refractivity contribution in [2.75, 3.05) is 7.05 Å². The summed E-state index contributed by atoms with van der Waals surface area (Å²) in [6, 6.07) is 6.43. The van der Waals surface area contributed by atoms with Crippen LogP contribution in [-0.4, -0.2) is 18.1 Å². The van der Waals surface area contributed by atoms with Gasteiger partial charge in [-0.1, -0.05) is 49.7 Å². The summed E-state index contributed by atoms with van der Waals surface area (Å²) >= 11 is 12.8. The molecule has 2 aromatic carbocycles. The monoisotopic (exact) mass is 409 g/mol. The highest BCUT2D eigenvalue weighted by molar-refractivity contribution is 6.36. The van der Waals surface area contributed by atoms with E-state index in [1.54, 1.807) is 12.1 Å². The van der Waals surface area contributed by atoms with E-state index in [0.717, 1.165) is 5.56 Å². The number of likely N-dealkylation sites (N-methyl/N-ethyl adjacent to an activating group) is 1. The molecule has 0 aliphatic heterocycles. The number of phenols is 1. The van der Waals surface area contributed by atoms with Gasteiger partial charge < -0.3 is 10.4 Å². The molecule has 0 fully saturated rings. The van der Waals surface area contributed by atoms with E-state index in [9.17, 15) is 14.3 Å². The number of hydrogen-bond donors (Lipinski definition) is 2. The second-order valence-electron chi connectivity index (χ2n) is 6.70. The molecule has 2 aromatic rings. The second kappa shape index (κ2) is 8.77. The Kier molecular flexibility index (Phi) is 6.90. The third-order valence-corrected chi connectivity index (χ3v) is 5.02. The Labute approximate surface area is 168 Å². The van der Waals surface area contributed by atoms with Crippen LogP contribution in [0.25, 0.3) is 0 Å². The van der Waals surface area contributed by atoms with Crippen LogP contribution in [0, 0.1) is 5.82 Å². The molecular formula is C21H22Cl2FNO2. The van der Waals surface area contributed by atoms with Crippen LogP contribution in [0.5, 0.6) is 5.75 Å². The molecular weight excluding hydrogens is 388 g/mol. The fraction of sp³-hybridized carbons (Fsp3) is 0.286. The minimum Gasteiger partial charge on any atom is -0.508 e. The van der Waals surface area contributed by atoms with Crippen molar-refractivity contribution in [2.45, 2.75) is 32.6 Å². The first-order valence-corrected chi connectivity index (χ1v) is 9.28. The lowest BCUT2D eigenvalue weighted by Crippen LogP contribution is -2.20. The van der Waals surface area contributed by atoms with Crippen LogP contribution >= 0.6 is 23.2 Å². The summed E-state index contributed by atoms with van der Waals surface area (Å²) in [5.74, 6) is -0.923. The molecule has 0 radical (unpaired) electrons. The van der Waals surface area contributed by atoms with Gasteiger partial charge in [0.05, 0.1) is 0 Å². The Morgan fingerprint density at radius 1 is 1.26 bits per heavy atom. The number of aromatic hydroxyl groups is 1. The van der Waals surface area contributed by atoms with Crippen molar-refractivity contribution in [3.8, 4) is 5.75 Å². The molecule has 6 heteroatoms. The lowest BCUT2D eigenvalue weighted by molar-refractivity contribution is -0.117. The third-order valence-electron chi connectivity index (χ3n) is 4.35. The number of halogens is 3. The first-order chi connectivity index (χ1) is 12.6. The summed E-state index contributed by atoms with van der Waals surface area (Å²) in [5.41, 5.74) is 2.41. The largest absolute Gasteiger partial charge is 0.508 e. The molecule has 0 aliphatic rings. The molecule has 3 nitrogen and oxygen atoms in total. The molecule has 2 N–H and O–H groups in total. The van der Waals surface area contributed by atoms with Crippen molar-refractivity contribution in [2.24, 2.45) is 0 Å². The van der Waals surface area contributed by atoms with Crippen LogP contribution in [-0.2, 0) is 17.6 Å². The highest BCUT2D eigenvalue weighted by Crippen LogP contribution is 2.34. The zero-order valence-corrected chi connectivity index (χ0v) is 17.0. The fourth-order valence-corrected chi connectivity index (χ4v) is 3.60. The Balaban J connectivity index is 2.35. The van der Waals surface area contributed by atoms with E-state index >= 15 is 0 Å². The number of carbonyl (C=O) groups excluding carboxylic acids is 1. The number of phenolic OH excluding ortho intramolecular Hbond substituents is 1. The van der Waals surface area contributed by atoms with Crippen molar-refractivity contribution >= 4 is 29.1 Å². The average Bonchev–Trinajstić information content (AvgIpc) is 2.58. The molecule has 27 heavy (non-hydrogen) atoms. The maximum Gasteiger partial charge on any atom is 0.246 e. The van der Waals surface area contributed by atoms with Gasteiger partial charge in [0.1, 0.15) is 11.6 Å². The van der Waals surface area contributed by atoms with Crippen LogP contribution < -0.4 is 5.32 Å². The molecule has 0 saturated carbocycles. The normalized spacial score (nSPS) is 10.9. The van der Waals surface area contributed by atoms with Crippen LogP contribution in [0.15, 0.2) is 36.4 Å². The molecule has 0 bridgehead atoms. The predicted molar refractivity (Wildman–Crippen MR) is 108 cm³/mol. The van der Waals surface area contributed by atoms with E-state index in [4.69, 9.17) is 23.2 Å². The van der Waals surface area contributed by atoms with Crippen molar-refractivity contribution < 1.29 is 14.3 Å². The first kappa shape index (κ1) is 21.3. The van der Waals surface area contributed by atoms with Crippen LogP contribution in [0.4, 0.5) is 4.39 Å². The quantitative estimate of drug-likeness (QED) is 0.627. The molecule has 0 atom stereocenters. The Bertz CT molecular complexity index is 871. The maximum absolute atomic E-state index is 14.8. The van der Waals surface area contributed by atoms with Gasteiger partial charge in [0, 0.05) is 41.1 Å². The molecule has 2 rings (SSSR count). The van der Waals surface area contributed by atoms with E-state index in [-0.39, 0.29) is 29.6 Å². The molecule has 0 heterocycles. The minimum atomic E-state index is -0.450. The maximum atomic E-state index is 14.8. The van der Waals surface area contributed by atoms with Gasteiger partial charge in [0.15, 0.2) is 0 Å². The second-order valence-corrected chi connectivity index (χ2v) is 7.51. The Morgan fingerprint density at radius 3 is 2.37 bits per heavy atom. The van der Waals surface area contributed by atoms with E-state index in [1.807, 2.05) is 13.8 Å². The molecule has 1 amide bonds. The first-order valence-electron chi connectivity index (χ1n) is 8.52. The van der Waals surface area contributed by atoms with Crippen LogP contribution in [0.3, 0.4) is 0 Å². The third kappa shape index (κ3) is 4.82. The number of nitrogens with one attached hydrogen (secondary N) is 1. The lowest BCUT2D eigenvalue weighted by atomic mass is 9.94. The predicted octanol–water partition coefficient (Wildman–Crippen LogP) is 5.40. The molecule has 0 spiro atoms. The summed E-state index contributed by atoms with van der Waals surface area (Å²) in [7, 11) is 1.54. The van der Waals surface area contributed by atoms with Gasteiger partial charge in [0.2, 0.25) is 5.91 Å². The standard InChI is InChI=1S/C21H22Cl2FNO2/c1-11(2)19-18(26)6-5-14(20(19)24)10-15-16(22)8-13(9-17(15)23)7-12(3)21(27)25-4/h5-6,8-9,11,26H,3,7,10H2,1-2,4H3,(H,25,27). The number of carbonyl (C=O) groups is 1. The summed E-state index contributed by atoms with van der Waals surface area (Å²) < 4.78 is 14.8. The zero-order valence-electron chi connectivity index (χ0n) is 15.5. The summed E-state index contributed by atoms with van der Waals surface area (Å²) in [6.45, 7) is 7.38. The number of hydrogen-bond acceptors (Lipinski definition) is 2. The highest BCUT2D eigenvalue weighted by Gasteiger charge is 2.18. The van der Waals surface area contributed by atoms with Gasteiger partial charge >= 0.3 is 0 Å². The van der Waals surface area contributed by atoms with Crippen molar-refractivity contribution in [3.63, 3.8) is 0 Å². The van der Waals surface area contributed by atoms with E-state index in [1.165, 1.54) is 19.2 Å². The van der Waals surface area contributed by atoms with E-state index < -0.39 is 5.82 Å².